The molecule has 7 heteroatoms. The van der Waals surface area contributed by atoms with Gasteiger partial charge >= 0.3 is 0 Å². The standard InChI is InChI=1S/C15H21NO6/c1-20-13-11(15(21-2)22-10(8-17)12(13)18)16-14(19)9-6-4-3-5-7-9/h3-7,10-13,15,17-18H,8H2,1-2H3,(H,16,19)/t10-,11+,12+,13-,15-/m1/s1. The molecule has 0 aromatic heterocycles. The molecule has 5 atom stereocenters. The van der Waals surface area contributed by atoms with Crippen molar-refractivity contribution in [3.8, 4) is 0 Å². The van der Waals surface area contributed by atoms with E-state index in [9.17, 15) is 15.0 Å². The van der Waals surface area contributed by atoms with Gasteiger partial charge in [-0.3, -0.25) is 4.79 Å². The molecule has 0 unspecified atom stereocenters. The Bertz CT molecular complexity index is 482. The van der Waals surface area contributed by atoms with Crippen molar-refractivity contribution in [2.45, 2.75) is 30.6 Å². The molecule has 1 aliphatic rings. The Morgan fingerprint density at radius 1 is 1.27 bits per heavy atom. The largest absolute Gasteiger partial charge is 0.394 e. The lowest BCUT2D eigenvalue weighted by Crippen LogP contribution is -2.65. The van der Waals surface area contributed by atoms with E-state index in [0.29, 0.717) is 5.56 Å². The van der Waals surface area contributed by atoms with Gasteiger partial charge in [-0.25, -0.2) is 0 Å². The van der Waals surface area contributed by atoms with Crippen LogP contribution in [0.2, 0.25) is 0 Å². The normalized spacial score (nSPS) is 31.7. The number of methoxy groups -OCH3 is 2. The predicted octanol–water partition coefficient (Wildman–Crippen LogP) is -0.475. The number of amides is 1. The molecule has 1 aliphatic heterocycles. The lowest BCUT2D eigenvalue weighted by Gasteiger charge is -2.43. The number of rotatable bonds is 5. The fraction of sp³-hybridized carbons (Fsp3) is 0.533. The van der Waals surface area contributed by atoms with E-state index in [-0.39, 0.29) is 12.5 Å². The maximum atomic E-state index is 12.3. The van der Waals surface area contributed by atoms with Crippen LogP contribution < -0.4 is 5.32 Å². The zero-order valence-corrected chi connectivity index (χ0v) is 12.5. The van der Waals surface area contributed by atoms with E-state index < -0.39 is 30.6 Å². The van der Waals surface area contributed by atoms with Crippen LogP contribution in [0.15, 0.2) is 30.3 Å². The van der Waals surface area contributed by atoms with Crippen LogP contribution in [0.1, 0.15) is 10.4 Å². The molecule has 0 radical (unpaired) electrons. The van der Waals surface area contributed by atoms with Gasteiger partial charge in [0.15, 0.2) is 6.29 Å². The summed E-state index contributed by atoms with van der Waals surface area (Å²) in [5.74, 6) is -0.326. The van der Waals surface area contributed by atoms with Gasteiger partial charge in [-0.15, -0.1) is 0 Å². The lowest BCUT2D eigenvalue weighted by atomic mass is 9.96. The quantitative estimate of drug-likeness (QED) is 0.680. The van der Waals surface area contributed by atoms with E-state index in [1.165, 1.54) is 14.2 Å². The zero-order chi connectivity index (χ0) is 16.1. The van der Waals surface area contributed by atoms with Crippen LogP contribution in [0, 0.1) is 0 Å². The van der Waals surface area contributed by atoms with Crippen molar-refractivity contribution in [2.75, 3.05) is 20.8 Å². The molecule has 2 rings (SSSR count). The molecule has 0 bridgehead atoms. The number of nitrogens with one attached hydrogen (secondary N) is 1. The van der Waals surface area contributed by atoms with Gasteiger partial charge in [0.1, 0.15) is 24.4 Å². The van der Waals surface area contributed by atoms with Crippen molar-refractivity contribution in [1.82, 2.24) is 5.32 Å². The van der Waals surface area contributed by atoms with Gasteiger partial charge < -0.3 is 29.7 Å². The Balaban J connectivity index is 2.17. The molecule has 122 valence electrons. The molecule has 22 heavy (non-hydrogen) atoms. The summed E-state index contributed by atoms with van der Waals surface area (Å²) in [6.45, 7) is -0.375. The first-order valence-corrected chi connectivity index (χ1v) is 6.98. The monoisotopic (exact) mass is 311 g/mol. The number of aliphatic hydroxyl groups excluding tert-OH is 2. The fourth-order valence-corrected chi connectivity index (χ4v) is 2.53. The SMILES string of the molecule is CO[C@@H]1O[C@H](CO)[C@H](O)[C@H](OC)[C@@H]1NC(=O)c1ccccc1. The van der Waals surface area contributed by atoms with Crippen LogP contribution in [0.25, 0.3) is 0 Å². The third-order valence-corrected chi connectivity index (χ3v) is 3.69. The van der Waals surface area contributed by atoms with Crippen molar-refractivity contribution < 1.29 is 29.2 Å². The smallest absolute Gasteiger partial charge is 0.251 e. The highest BCUT2D eigenvalue weighted by Gasteiger charge is 2.46. The molecular weight excluding hydrogens is 290 g/mol. The van der Waals surface area contributed by atoms with Crippen LogP contribution in [-0.4, -0.2) is 67.6 Å². The molecular formula is C15H21NO6. The van der Waals surface area contributed by atoms with Crippen LogP contribution >= 0.6 is 0 Å². The molecule has 1 saturated heterocycles. The Morgan fingerprint density at radius 3 is 2.50 bits per heavy atom. The number of aliphatic hydroxyl groups is 2. The zero-order valence-electron chi connectivity index (χ0n) is 12.5. The highest BCUT2D eigenvalue weighted by atomic mass is 16.7. The average Bonchev–Trinajstić information content (AvgIpc) is 2.56. The minimum Gasteiger partial charge on any atom is -0.394 e. The van der Waals surface area contributed by atoms with Crippen molar-refractivity contribution in [1.29, 1.82) is 0 Å². The summed E-state index contributed by atoms with van der Waals surface area (Å²) < 4.78 is 16.0. The number of carbonyl (C=O) groups is 1. The molecule has 1 aromatic carbocycles. The van der Waals surface area contributed by atoms with Gasteiger partial charge in [-0.05, 0) is 12.1 Å². The van der Waals surface area contributed by atoms with Crippen molar-refractivity contribution in [2.24, 2.45) is 0 Å². The molecule has 0 spiro atoms. The summed E-state index contributed by atoms with van der Waals surface area (Å²) in [4.78, 5) is 12.3. The Morgan fingerprint density at radius 2 is 1.95 bits per heavy atom. The predicted molar refractivity (Wildman–Crippen MR) is 77.3 cm³/mol. The van der Waals surface area contributed by atoms with Crippen molar-refractivity contribution in [3.05, 3.63) is 35.9 Å². The van der Waals surface area contributed by atoms with Gasteiger partial charge in [0.25, 0.3) is 5.91 Å². The number of hydrogen-bond acceptors (Lipinski definition) is 6. The summed E-state index contributed by atoms with van der Waals surface area (Å²) in [5.41, 5.74) is 0.478. The van der Waals surface area contributed by atoms with Crippen LogP contribution in [0.4, 0.5) is 0 Å². The van der Waals surface area contributed by atoms with Gasteiger partial charge in [0.05, 0.1) is 6.61 Å². The molecule has 7 nitrogen and oxygen atoms in total. The van der Waals surface area contributed by atoms with E-state index >= 15 is 0 Å². The minimum atomic E-state index is -1.08. The Kier molecular flexibility index (Phi) is 5.87. The summed E-state index contributed by atoms with van der Waals surface area (Å²) in [6, 6.07) is 7.97. The highest BCUT2D eigenvalue weighted by Crippen LogP contribution is 2.24. The second-order valence-electron chi connectivity index (χ2n) is 5.02. The van der Waals surface area contributed by atoms with Crippen LogP contribution in [0.5, 0.6) is 0 Å². The van der Waals surface area contributed by atoms with E-state index in [2.05, 4.69) is 5.32 Å². The molecule has 0 aliphatic carbocycles. The minimum absolute atomic E-state index is 0.326. The summed E-state index contributed by atoms with van der Waals surface area (Å²) in [5, 5.41) is 22.2. The van der Waals surface area contributed by atoms with Crippen molar-refractivity contribution >= 4 is 5.91 Å². The summed E-state index contributed by atoms with van der Waals surface area (Å²) >= 11 is 0. The van der Waals surface area contributed by atoms with Gasteiger partial charge in [-0.1, -0.05) is 18.2 Å². The van der Waals surface area contributed by atoms with E-state index in [1.54, 1.807) is 24.3 Å². The van der Waals surface area contributed by atoms with Gasteiger partial charge in [-0.2, -0.15) is 0 Å². The molecule has 1 heterocycles. The van der Waals surface area contributed by atoms with Gasteiger partial charge in [0.2, 0.25) is 0 Å². The van der Waals surface area contributed by atoms with E-state index in [4.69, 9.17) is 14.2 Å². The van der Waals surface area contributed by atoms with Crippen LogP contribution in [0.3, 0.4) is 0 Å². The maximum absolute atomic E-state index is 12.3. The number of carbonyl (C=O) groups excluding carboxylic acids is 1. The molecule has 3 N–H and O–H groups in total. The van der Waals surface area contributed by atoms with E-state index in [1.807, 2.05) is 6.07 Å². The molecule has 0 saturated carbocycles. The van der Waals surface area contributed by atoms with E-state index in [0.717, 1.165) is 0 Å². The first kappa shape index (κ1) is 16.9. The van der Waals surface area contributed by atoms with Crippen molar-refractivity contribution in [3.63, 3.8) is 0 Å². The topological polar surface area (TPSA) is 97.2 Å². The second-order valence-corrected chi connectivity index (χ2v) is 5.02. The lowest BCUT2D eigenvalue weighted by molar-refractivity contribution is -0.265. The molecule has 1 fully saturated rings. The second kappa shape index (κ2) is 7.66. The molecule has 1 aromatic rings. The average molecular weight is 311 g/mol. The van der Waals surface area contributed by atoms with Crippen LogP contribution in [-0.2, 0) is 14.2 Å². The maximum Gasteiger partial charge on any atom is 0.251 e. The highest BCUT2D eigenvalue weighted by molar-refractivity contribution is 5.94. The Hall–Kier alpha value is -1.51. The fourth-order valence-electron chi connectivity index (χ4n) is 2.53. The third kappa shape index (κ3) is 3.45. The first-order chi connectivity index (χ1) is 10.6. The first-order valence-electron chi connectivity index (χ1n) is 6.98. The number of hydrogen-bond donors (Lipinski definition) is 3. The van der Waals surface area contributed by atoms with Gasteiger partial charge in [0, 0.05) is 19.8 Å². The number of ether oxygens (including phenoxy) is 3. The third-order valence-electron chi connectivity index (χ3n) is 3.69. The Labute approximate surface area is 128 Å². The summed E-state index contributed by atoms with van der Waals surface area (Å²) in [7, 11) is 2.84. The summed E-state index contributed by atoms with van der Waals surface area (Å²) in [6.07, 6.45) is -3.51. The number of benzene rings is 1. The molecule has 1 amide bonds.